The molecule has 2 rings (SSSR count). The van der Waals surface area contributed by atoms with Crippen LogP contribution >= 0.6 is 0 Å². The third-order valence-corrected chi connectivity index (χ3v) is 3.97. The molecule has 2 unspecified atom stereocenters. The third-order valence-electron chi connectivity index (χ3n) is 3.97. The molecule has 4 nitrogen and oxygen atoms in total. The van der Waals surface area contributed by atoms with E-state index in [1.165, 1.54) is 0 Å². The van der Waals surface area contributed by atoms with E-state index < -0.39 is 0 Å². The van der Waals surface area contributed by atoms with Crippen molar-refractivity contribution in [3.05, 3.63) is 0 Å². The van der Waals surface area contributed by atoms with Crippen LogP contribution in [0.15, 0.2) is 0 Å². The molecule has 0 aliphatic carbocycles. The smallest absolute Gasteiger partial charge is 0.227 e. The first-order valence-electron chi connectivity index (χ1n) is 6.47. The zero-order valence-corrected chi connectivity index (χ0v) is 10.4. The molecular formula is C12H23N3O. The Balaban J connectivity index is 1.86. The highest BCUT2D eigenvalue weighted by Crippen LogP contribution is 2.19. The normalized spacial score (nSPS) is 32.0. The standard InChI is InChI=1S/C12H23N3O/c1-3-14-6-8-15(9-7-14)12(16)11-4-5-13-10(11)2/h10-11,13H,3-9H2,1-2H3. The molecule has 92 valence electrons. The Bertz CT molecular complexity index is 249. The predicted octanol–water partition coefficient (Wildman–Crippen LogP) is 0.149. The quantitative estimate of drug-likeness (QED) is 0.726. The topological polar surface area (TPSA) is 35.6 Å². The maximum absolute atomic E-state index is 12.3. The molecule has 2 atom stereocenters. The first kappa shape index (κ1) is 11.9. The number of nitrogens with zero attached hydrogens (tertiary/aromatic N) is 2. The van der Waals surface area contributed by atoms with E-state index >= 15 is 0 Å². The molecule has 0 radical (unpaired) electrons. The Kier molecular flexibility index (Phi) is 3.82. The van der Waals surface area contributed by atoms with E-state index in [1.54, 1.807) is 0 Å². The zero-order valence-electron chi connectivity index (χ0n) is 10.4. The molecule has 2 saturated heterocycles. The average Bonchev–Trinajstić information content (AvgIpc) is 2.75. The van der Waals surface area contributed by atoms with Crippen LogP contribution in [0.5, 0.6) is 0 Å². The van der Waals surface area contributed by atoms with E-state index in [2.05, 4.69) is 29.0 Å². The SMILES string of the molecule is CCN1CCN(C(=O)C2CCNC2C)CC1. The molecule has 16 heavy (non-hydrogen) atoms. The van der Waals surface area contributed by atoms with Gasteiger partial charge < -0.3 is 15.1 Å². The average molecular weight is 225 g/mol. The second kappa shape index (κ2) is 5.15. The van der Waals surface area contributed by atoms with Crippen molar-refractivity contribution in [1.82, 2.24) is 15.1 Å². The molecule has 0 saturated carbocycles. The highest BCUT2D eigenvalue weighted by molar-refractivity contribution is 5.80. The number of hydrogen-bond donors (Lipinski definition) is 1. The zero-order chi connectivity index (χ0) is 11.5. The summed E-state index contributed by atoms with van der Waals surface area (Å²) in [4.78, 5) is 16.7. The van der Waals surface area contributed by atoms with Crippen molar-refractivity contribution in [2.45, 2.75) is 26.3 Å². The van der Waals surface area contributed by atoms with Crippen LogP contribution in [0.25, 0.3) is 0 Å². The number of piperazine rings is 1. The van der Waals surface area contributed by atoms with Crippen LogP contribution in [0.4, 0.5) is 0 Å². The Morgan fingerprint density at radius 2 is 2.00 bits per heavy atom. The van der Waals surface area contributed by atoms with Crippen molar-refractivity contribution in [2.24, 2.45) is 5.92 Å². The summed E-state index contributed by atoms with van der Waals surface area (Å²) >= 11 is 0. The fraction of sp³-hybridized carbons (Fsp3) is 0.917. The van der Waals surface area contributed by atoms with Crippen LogP contribution in [0.3, 0.4) is 0 Å². The summed E-state index contributed by atoms with van der Waals surface area (Å²) < 4.78 is 0. The summed E-state index contributed by atoms with van der Waals surface area (Å²) in [5.74, 6) is 0.585. The van der Waals surface area contributed by atoms with Crippen LogP contribution in [0.2, 0.25) is 0 Å². The Labute approximate surface area is 98.0 Å². The van der Waals surface area contributed by atoms with Crippen LogP contribution in [0, 0.1) is 5.92 Å². The van der Waals surface area contributed by atoms with Crippen LogP contribution < -0.4 is 5.32 Å². The maximum atomic E-state index is 12.3. The number of rotatable bonds is 2. The molecule has 0 aromatic rings. The first-order valence-corrected chi connectivity index (χ1v) is 6.47. The van der Waals surface area contributed by atoms with Gasteiger partial charge >= 0.3 is 0 Å². The van der Waals surface area contributed by atoms with Crippen LogP contribution in [-0.2, 0) is 4.79 Å². The summed E-state index contributed by atoms with van der Waals surface area (Å²) in [5.41, 5.74) is 0. The van der Waals surface area contributed by atoms with Gasteiger partial charge in [-0.05, 0) is 26.4 Å². The predicted molar refractivity (Wildman–Crippen MR) is 64.3 cm³/mol. The molecule has 1 amide bonds. The third kappa shape index (κ3) is 2.38. The largest absolute Gasteiger partial charge is 0.340 e. The van der Waals surface area contributed by atoms with Gasteiger partial charge in [0.1, 0.15) is 0 Å². The van der Waals surface area contributed by atoms with Gasteiger partial charge in [0.2, 0.25) is 5.91 Å². The summed E-state index contributed by atoms with van der Waals surface area (Å²) in [7, 11) is 0. The number of carbonyl (C=O) groups excluding carboxylic acids is 1. The van der Waals surface area contributed by atoms with Gasteiger partial charge in [-0.1, -0.05) is 6.92 Å². The molecule has 2 heterocycles. The molecule has 0 spiro atoms. The van der Waals surface area contributed by atoms with Crippen LogP contribution in [0.1, 0.15) is 20.3 Å². The molecule has 1 N–H and O–H groups in total. The Hall–Kier alpha value is -0.610. The van der Waals surface area contributed by atoms with E-state index in [4.69, 9.17) is 0 Å². The van der Waals surface area contributed by atoms with E-state index in [0.29, 0.717) is 11.9 Å². The van der Waals surface area contributed by atoms with Gasteiger partial charge in [0.25, 0.3) is 0 Å². The summed E-state index contributed by atoms with van der Waals surface area (Å²) in [5, 5.41) is 3.35. The monoisotopic (exact) mass is 225 g/mol. The lowest BCUT2D eigenvalue weighted by atomic mass is 10.00. The van der Waals surface area contributed by atoms with Crippen molar-refractivity contribution < 1.29 is 4.79 Å². The minimum absolute atomic E-state index is 0.216. The van der Waals surface area contributed by atoms with Crippen LogP contribution in [-0.4, -0.2) is 61.0 Å². The highest BCUT2D eigenvalue weighted by atomic mass is 16.2. The van der Waals surface area contributed by atoms with Gasteiger partial charge in [-0.25, -0.2) is 0 Å². The maximum Gasteiger partial charge on any atom is 0.227 e. The van der Waals surface area contributed by atoms with Crippen molar-refractivity contribution >= 4 is 5.91 Å². The number of nitrogens with one attached hydrogen (secondary N) is 1. The fourth-order valence-electron chi connectivity index (χ4n) is 2.72. The molecule has 0 aromatic heterocycles. The molecule has 0 bridgehead atoms. The minimum Gasteiger partial charge on any atom is -0.340 e. The number of amides is 1. The summed E-state index contributed by atoms with van der Waals surface area (Å²) in [6.07, 6.45) is 1.01. The van der Waals surface area contributed by atoms with Gasteiger partial charge in [0, 0.05) is 32.2 Å². The van der Waals surface area contributed by atoms with Gasteiger partial charge in [-0.3, -0.25) is 4.79 Å². The van der Waals surface area contributed by atoms with Crippen molar-refractivity contribution in [1.29, 1.82) is 0 Å². The number of likely N-dealkylation sites (N-methyl/N-ethyl adjacent to an activating group) is 1. The van der Waals surface area contributed by atoms with Crippen molar-refractivity contribution in [3.8, 4) is 0 Å². The Morgan fingerprint density at radius 1 is 1.31 bits per heavy atom. The van der Waals surface area contributed by atoms with Crippen molar-refractivity contribution in [3.63, 3.8) is 0 Å². The van der Waals surface area contributed by atoms with E-state index in [9.17, 15) is 4.79 Å². The fourth-order valence-corrected chi connectivity index (χ4v) is 2.72. The van der Waals surface area contributed by atoms with Crippen molar-refractivity contribution in [2.75, 3.05) is 39.3 Å². The number of carbonyl (C=O) groups is 1. The Morgan fingerprint density at radius 3 is 2.50 bits per heavy atom. The lowest BCUT2D eigenvalue weighted by Gasteiger charge is -2.35. The number of hydrogen-bond acceptors (Lipinski definition) is 3. The van der Waals surface area contributed by atoms with Gasteiger partial charge in [-0.15, -0.1) is 0 Å². The van der Waals surface area contributed by atoms with E-state index in [0.717, 1.165) is 45.7 Å². The first-order chi connectivity index (χ1) is 7.72. The molecule has 4 heteroatoms. The second-order valence-corrected chi connectivity index (χ2v) is 4.90. The molecule has 2 aliphatic rings. The van der Waals surface area contributed by atoms with E-state index in [1.807, 2.05) is 0 Å². The molecule has 2 fully saturated rings. The molecule has 0 aromatic carbocycles. The van der Waals surface area contributed by atoms with E-state index in [-0.39, 0.29) is 5.92 Å². The summed E-state index contributed by atoms with van der Waals surface area (Å²) in [6, 6.07) is 0.358. The molecular weight excluding hydrogens is 202 g/mol. The van der Waals surface area contributed by atoms with Gasteiger partial charge in [0.05, 0.1) is 5.92 Å². The highest BCUT2D eigenvalue weighted by Gasteiger charge is 2.33. The van der Waals surface area contributed by atoms with Gasteiger partial charge in [-0.2, -0.15) is 0 Å². The van der Waals surface area contributed by atoms with Gasteiger partial charge in [0.15, 0.2) is 0 Å². The molecule has 2 aliphatic heterocycles. The summed E-state index contributed by atoms with van der Waals surface area (Å²) in [6.45, 7) is 10.3. The second-order valence-electron chi connectivity index (χ2n) is 4.90. The lowest BCUT2D eigenvalue weighted by molar-refractivity contribution is -0.137. The lowest BCUT2D eigenvalue weighted by Crippen LogP contribution is -2.51. The minimum atomic E-state index is 0.216.